The molecule has 1 aliphatic heterocycles. The molecule has 3 nitrogen and oxygen atoms in total. The summed E-state index contributed by atoms with van der Waals surface area (Å²) in [5.41, 5.74) is 0. The average Bonchev–Trinajstić information content (AvgIpc) is 2.54. The van der Waals surface area contributed by atoms with Gasteiger partial charge in [-0.25, -0.2) is 0 Å². The lowest BCUT2D eigenvalue weighted by Crippen LogP contribution is -2.32. The first kappa shape index (κ1) is 8.05. The zero-order chi connectivity index (χ0) is 8.39. The molecular formula is C9H15NO2. The summed E-state index contributed by atoms with van der Waals surface area (Å²) in [7, 11) is 0. The van der Waals surface area contributed by atoms with Crippen LogP contribution in [0.3, 0.4) is 0 Å². The summed E-state index contributed by atoms with van der Waals surface area (Å²) in [6.07, 6.45) is 6.38. The Morgan fingerprint density at radius 2 is 2.00 bits per heavy atom. The number of rotatable bonds is 1. The summed E-state index contributed by atoms with van der Waals surface area (Å²) in [5, 5.41) is 3.10. The molecule has 1 heterocycles. The number of ether oxygens (including phenoxy) is 1. The molecule has 0 aromatic carbocycles. The largest absolute Gasteiger partial charge is 0.445 e. The minimum atomic E-state index is -0.0921. The minimum absolute atomic E-state index is 0.0257. The third-order valence-electron chi connectivity index (χ3n) is 2.78. The third kappa shape index (κ3) is 1.61. The molecule has 1 saturated carbocycles. The van der Waals surface area contributed by atoms with Gasteiger partial charge in [-0.3, -0.25) is 10.1 Å². The van der Waals surface area contributed by atoms with Gasteiger partial charge in [0.15, 0.2) is 6.23 Å². The van der Waals surface area contributed by atoms with E-state index < -0.39 is 0 Å². The van der Waals surface area contributed by atoms with E-state index in [0.29, 0.717) is 12.5 Å². The fourth-order valence-corrected chi connectivity index (χ4v) is 2.11. The molecule has 2 fully saturated rings. The molecule has 1 unspecified atom stereocenters. The van der Waals surface area contributed by atoms with Crippen LogP contribution in [0.1, 0.15) is 32.1 Å². The second-order valence-corrected chi connectivity index (χ2v) is 3.69. The Morgan fingerprint density at radius 1 is 1.25 bits per heavy atom. The van der Waals surface area contributed by atoms with Crippen LogP contribution in [0.15, 0.2) is 0 Å². The van der Waals surface area contributed by atoms with Crippen molar-refractivity contribution in [1.29, 1.82) is 0 Å². The summed E-state index contributed by atoms with van der Waals surface area (Å²) < 4.78 is 5.15. The smallest absolute Gasteiger partial charge is 0.321 e. The van der Waals surface area contributed by atoms with Crippen molar-refractivity contribution in [2.45, 2.75) is 38.3 Å². The summed E-state index contributed by atoms with van der Waals surface area (Å²) >= 11 is 0. The van der Waals surface area contributed by atoms with Crippen LogP contribution in [-0.2, 0) is 9.53 Å². The summed E-state index contributed by atoms with van der Waals surface area (Å²) in [6.45, 7) is 0.404. The normalized spacial score (nSPS) is 32.0. The Labute approximate surface area is 72.5 Å². The van der Waals surface area contributed by atoms with Crippen LogP contribution < -0.4 is 5.32 Å². The van der Waals surface area contributed by atoms with E-state index >= 15 is 0 Å². The lowest BCUT2D eigenvalue weighted by Gasteiger charge is -2.25. The van der Waals surface area contributed by atoms with Crippen molar-refractivity contribution in [3.05, 3.63) is 0 Å². The highest BCUT2D eigenvalue weighted by Crippen LogP contribution is 2.27. The van der Waals surface area contributed by atoms with Crippen LogP contribution in [0, 0.1) is 5.92 Å². The van der Waals surface area contributed by atoms with Crippen LogP contribution in [0.4, 0.5) is 0 Å². The van der Waals surface area contributed by atoms with Gasteiger partial charge in [0.05, 0.1) is 6.54 Å². The van der Waals surface area contributed by atoms with Crippen LogP contribution in [0.5, 0.6) is 0 Å². The van der Waals surface area contributed by atoms with Gasteiger partial charge in [-0.2, -0.15) is 0 Å². The van der Waals surface area contributed by atoms with Crippen LogP contribution in [-0.4, -0.2) is 18.7 Å². The zero-order valence-corrected chi connectivity index (χ0v) is 7.21. The molecule has 2 aliphatic rings. The average molecular weight is 169 g/mol. The van der Waals surface area contributed by atoms with Gasteiger partial charge in [0.1, 0.15) is 0 Å². The van der Waals surface area contributed by atoms with Crippen molar-refractivity contribution < 1.29 is 9.53 Å². The van der Waals surface area contributed by atoms with Crippen LogP contribution in [0.2, 0.25) is 0 Å². The number of nitrogens with one attached hydrogen (secondary N) is 1. The molecule has 0 aromatic heterocycles. The number of hydrogen-bond donors (Lipinski definition) is 1. The van der Waals surface area contributed by atoms with Gasteiger partial charge in [-0.05, 0) is 12.8 Å². The van der Waals surface area contributed by atoms with E-state index in [1.165, 1.54) is 32.1 Å². The highest BCUT2D eigenvalue weighted by molar-refractivity contribution is 5.73. The minimum Gasteiger partial charge on any atom is -0.445 e. The molecule has 3 heteroatoms. The Hall–Kier alpha value is -0.570. The van der Waals surface area contributed by atoms with Gasteiger partial charge < -0.3 is 4.74 Å². The maximum atomic E-state index is 10.8. The summed E-state index contributed by atoms with van der Waals surface area (Å²) in [5.74, 6) is 0.482. The van der Waals surface area contributed by atoms with Crippen molar-refractivity contribution >= 4 is 5.97 Å². The summed E-state index contributed by atoms with van der Waals surface area (Å²) in [6, 6.07) is 0. The van der Waals surface area contributed by atoms with E-state index in [1.807, 2.05) is 0 Å². The molecule has 0 amide bonds. The number of carbonyl (C=O) groups is 1. The maximum Gasteiger partial charge on any atom is 0.321 e. The van der Waals surface area contributed by atoms with E-state index in [9.17, 15) is 4.79 Å². The lowest BCUT2D eigenvalue weighted by molar-refractivity contribution is -0.143. The first-order chi connectivity index (χ1) is 5.86. The lowest BCUT2D eigenvalue weighted by atomic mass is 9.88. The molecular weight excluding hydrogens is 154 g/mol. The Kier molecular flexibility index (Phi) is 2.30. The predicted molar refractivity (Wildman–Crippen MR) is 44.5 cm³/mol. The zero-order valence-electron chi connectivity index (χ0n) is 7.21. The second kappa shape index (κ2) is 3.44. The van der Waals surface area contributed by atoms with Gasteiger partial charge in [0.2, 0.25) is 0 Å². The standard InChI is InChI=1S/C9H15NO2/c11-8-6-10-9(12-8)7-4-2-1-3-5-7/h7,9-10H,1-6H2. The number of cyclic esters (lactones) is 1. The van der Waals surface area contributed by atoms with E-state index in [1.54, 1.807) is 0 Å². The molecule has 68 valence electrons. The van der Waals surface area contributed by atoms with Gasteiger partial charge in [0, 0.05) is 5.92 Å². The predicted octanol–water partition coefficient (Wildman–Crippen LogP) is 1.04. The fraction of sp³-hybridized carbons (Fsp3) is 0.889. The topological polar surface area (TPSA) is 38.3 Å². The molecule has 1 aliphatic carbocycles. The highest BCUT2D eigenvalue weighted by atomic mass is 16.6. The van der Waals surface area contributed by atoms with Gasteiger partial charge in [-0.15, -0.1) is 0 Å². The maximum absolute atomic E-state index is 10.8. The molecule has 0 radical (unpaired) electrons. The van der Waals surface area contributed by atoms with Gasteiger partial charge in [0.25, 0.3) is 0 Å². The molecule has 0 aromatic rings. The molecule has 0 spiro atoms. The van der Waals surface area contributed by atoms with Crippen molar-refractivity contribution in [1.82, 2.24) is 5.32 Å². The Morgan fingerprint density at radius 3 is 2.58 bits per heavy atom. The van der Waals surface area contributed by atoms with Gasteiger partial charge >= 0.3 is 5.97 Å². The molecule has 1 atom stereocenters. The van der Waals surface area contributed by atoms with Crippen molar-refractivity contribution in [2.75, 3.05) is 6.54 Å². The molecule has 1 N–H and O–H groups in total. The van der Waals surface area contributed by atoms with Crippen molar-refractivity contribution in [3.63, 3.8) is 0 Å². The highest BCUT2D eigenvalue weighted by Gasteiger charge is 2.30. The molecule has 12 heavy (non-hydrogen) atoms. The Bertz CT molecular complexity index is 175. The van der Waals surface area contributed by atoms with Crippen LogP contribution >= 0.6 is 0 Å². The second-order valence-electron chi connectivity index (χ2n) is 3.69. The SMILES string of the molecule is O=C1CNC(C2CCCCC2)O1. The van der Waals surface area contributed by atoms with E-state index in [0.717, 1.165) is 0 Å². The first-order valence-electron chi connectivity index (χ1n) is 4.79. The number of esters is 1. The quantitative estimate of drug-likeness (QED) is 0.596. The molecule has 2 rings (SSSR count). The first-order valence-corrected chi connectivity index (χ1v) is 4.79. The molecule has 1 saturated heterocycles. The number of carbonyl (C=O) groups excluding carboxylic acids is 1. The van der Waals surface area contributed by atoms with Crippen molar-refractivity contribution in [2.24, 2.45) is 5.92 Å². The molecule has 0 bridgehead atoms. The van der Waals surface area contributed by atoms with E-state index in [4.69, 9.17) is 4.74 Å². The van der Waals surface area contributed by atoms with E-state index in [-0.39, 0.29) is 12.2 Å². The van der Waals surface area contributed by atoms with Crippen LogP contribution in [0.25, 0.3) is 0 Å². The van der Waals surface area contributed by atoms with Crippen molar-refractivity contribution in [3.8, 4) is 0 Å². The Balaban J connectivity index is 1.86. The number of hydrogen-bond acceptors (Lipinski definition) is 3. The summed E-state index contributed by atoms with van der Waals surface area (Å²) in [4.78, 5) is 10.8. The van der Waals surface area contributed by atoms with E-state index in [2.05, 4.69) is 5.32 Å². The van der Waals surface area contributed by atoms with Gasteiger partial charge in [-0.1, -0.05) is 19.3 Å². The fourth-order valence-electron chi connectivity index (χ4n) is 2.11. The third-order valence-corrected chi connectivity index (χ3v) is 2.78. The monoisotopic (exact) mass is 169 g/mol.